The molecule has 0 aliphatic rings. The second-order valence-electron chi connectivity index (χ2n) is 2.86. The third-order valence-corrected chi connectivity index (χ3v) is 2.81. The van der Waals surface area contributed by atoms with Crippen LogP contribution in [0.2, 0.25) is 0 Å². The Bertz CT molecular complexity index is 339. The van der Waals surface area contributed by atoms with Crippen LogP contribution in [0, 0.1) is 0 Å². The minimum Gasteiger partial charge on any atom is -0.468 e. The monoisotopic (exact) mass is 301 g/mol. The number of ether oxygens (including phenoxy) is 1. The molecule has 0 bridgehead atoms. The van der Waals surface area contributed by atoms with E-state index in [4.69, 9.17) is 0 Å². The molecule has 0 fully saturated rings. The fraction of sp³-hybridized carbons (Fsp3) is 0.714. The SMILES string of the molecule is COC(=O)C(Br)CNC(=O)CS(C)(=O)=O. The number of rotatable bonds is 5. The fourth-order valence-corrected chi connectivity index (χ4v) is 1.63. The van der Waals surface area contributed by atoms with Crippen LogP contribution >= 0.6 is 15.9 Å². The molecule has 0 rings (SSSR count). The van der Waals surface area contributed by atoms with E-state index in [1.54, 1.807) is 0 Å². The van der Waals surface area contributed by atoms with Gasteiger partial charge in [-0.15, -0.1) is 0 Å². The van der Waals surface area contributed by atoms with Crippen LogP contribution in [0.5, 0.6) is 0 Å². The molecule has 0 radical (unpaired) electrons. The Morgan fingerprint density at radius 1 is 1.47 bits per heavy atom. The highest BCUT2D eigenvalue weighted by Crippen LogP contribution is 1.99. The van der Waals surface area contributed by atoms with Crippen molar-refractivity contribution in [2.45, 2.75) is 4.83 Å². The second kappa shape index (κ2) is 6.06. The van der Waals surface area contributed by atoms with Crippen molar-refractivity contribution in [1.82, 2.24) is 5.32 Å². The minimum absolute atomic E-state index is 0.0129. The normalized spacial score (nSPS) is 13.0. The molecular weight excluding hydrogens is 290 g/mol. The van der Waals surface area contributed by atoms with E-state index in [1.807, 2.05) is 0 Å². The maximum Gasteiger partial charge on any atom is 0.321 e. The molecule has 0 aromatic heterocycles. The summed E-state index contributed by atoms with van der Waals surface area (Å²) < 4.78 is 25.8. The van der Waals surface area contributed by atoms with Gasteiger partial charge in [0.05, 0.1) is 7.11 Å². The highest BCUT2D eigenvalue weighted by Gasteiger charge is 2.17. The Morgan fingerprint density at radius 2 is 2.00 bits per heavy atom. The summed E-state index contributed by atoms with van der Waals surface area (Å²) in [6.07, 6.45) is 0.957. The molecule has 88 valence electrons. The first-order chi connectivity index (χ1) is 6.76. The van der Waals surface area contributed by atoms with Crippen molar-refractivity contribution in [3.8, 4) is 0 Å². The third kappa shape index (κ3) is 7.32. The summed E-state index contributed by atoms with van der Waals surface area (Å²) in [5, 5.41) is 2.29. The summed E-state index contributed by atoms with van der Waals surface area (Å²) in [5.41, 5.74) is 0. The lowest BCUT2D eigenvalue weighted by Gasteiger charge is -2.08. The van der Waals surface area contributed by atoms with Gasteiger partial charge in [-0.2, -0.15) is 0 Å². The molecule has 15 heavy (non-hydrogen) atoms. The molecule has 0 spiro atoms. The number of alkyl halides is 1. The molecule has 1 atom stereocenters. The number of carbonyl (C=O) groups excluding carboxylic acids is 2. The van der Waals surface area contributed by atoms with Gasteiger partial charge in [-0.25, -0.2) is 8.42 Å². The number of hydrogen-bond acceptors (Lipinski definition) is 5. The number of sulfone groups is 1. The van der Waals surface area contributed by atoms with Crippen molar-refractivity contribution < 1.29 is 22.7 Å². The molecule has 0 saturated heterocycles. The number of nitrogens with one attached hydrogen (secondary N) is 1. The van der Waals surface area contributed by atoms with Crippen LogP contribution in [0.3, 0.4) is 0 Å². The smallest absolute Gasteiger partial charge is 0.321 e. The molecule has 6 nitrogen and oxygen atoms in total. The van der Waals surface area contributed by atoms with Gasteiger partial charge in [0.2, 0.25) is 5.91 Å². The Kier molecular flexibility index (Phi) is 5.81. The van der Waals surface area contributed by atoms with E-state index < -0.39 is 32.3 Å². The lowest BCUT2D eigenvalue weighted by molar-refractivity contribution is -0.139. The molecule has 1 N–H and O–H groups in total. The van der Waals surface area contributed by atoms with Crippen LogP contribution < -0.4 is 5.32 Å². The van der Waals surface area contributed by atoms with E-state index in [9.17, 15) is 18.0 Å². The van der Waals surface area contributed by atoms with Gasteiger partial charge in [-0.3, -0.25) is 9.59 Å². The van der Waals surface area contributed by atoms with Crippen LogP contribution in [0.1, 0.15) is 0 Å². The van der Waals surface area contributed by atoms with Gasteiger partial charge < -0.3 is 10.1 Å². The third-order valence-electron chi connectivity index (χ3n) is 1.33. The predicted molar refractivity (Wildman–Crippen MR) is 57.5 cm³/mol. The Labute approximate surface area is 96.4 Å². The highest BCUT2D eigenvalue weighted by atomic mass is 79.9. The first-order valence-electron chi connectivity index (χ1n) is 3.92. The highest BCUT2D eigenvalue weighted by molar-refractivity contribution is 9.10. The van der Waals surface area contributed by atoms with Crippen molar-refractivity contribution in [2.24, 2.45) is 0 Å². The van der Waals surface area contributed by atoms with Crippen molar-refractivity contribution >= 4 is 37.6 Å². The summed E-state index contributed by atoms with van der Waals surface area (Å²) in [4.78, 5) is 21.2. The van der Waals surface area contributed by atoms with E-state index in [-0.39, 0.29) is 6.54 Å². The predicted octanol–water partition coefficient (Wildman–Crippen LogP) is -0.916. The maximum atomic E-state index is 11.0. The molecule has 0 aliphatic heterocycles. The Balaban J connectivity index is 3.97. The van der Waals surface area contributed by atoms with Crippen molar-refractivity contribution in [3.63, 3.8) is 0 Å². The van der Waals surface area contributed by atoms with Gasteiger partial charge in [0.15, 0.2) is 9.84 Å². The number of methoxy groups -OCH3 is 1. The molecular formula is C7H12BrNO5S. The van der Waals surface area contributed by atoms with E-state index in [0.29, 0.717) is 0 Å². The molecule has 0 aliphatic carbocycles. The summed E-state index contributed by atoms with van der Waals surface area (Å²) in [6, 6.07) is 0. The number of carbonyl (C=O) groups is 2. The summed E-state index contributed by atoms with van der Waals surface area (Å²) in [7, 11) is -2.12. The summed E-state index contributed by atoms with van der Waals surface area (Å²) >= 11 is 2.97. The quantitative estimate of drug-likeness (QED) is 0.524. The number of hydrogen-bond donors (Lipinski definition) is 1. The van der Waals surface area contributed by atoms with Gasteiger partial charge in [-0.05, 0) is 0 Å². The van der Waals surface area contributed by atoms with Gasteiger partial charge in [-0.1, -0.05) is 15.9 Å². The first kappa shape index (κ1) is 14.4. The topological polar surface area (TPSA) is 89.5 Å². The standard InChI is InChI=1S/C7H12BrNO5S/c1-14-7(11)5(8)3-9-6(10)4-15(2,12)13/h5H,3-4H2,1-2H3,(H,9,10). The molecule has 0 aromatic carbocycles. The zero-order valence-electron chi connectivity index (χ0n) is 8.32. The number of esters is 1. The lowest BCUT2D eigenvalue weighted by atomic mass is 10.4. The van der Waals surface area contributed by atoms with E-state index in [1.165, 1.54) is 7.11 Å². The molecule has 0 saturated carbocycles. The lowest BCUT2D eigenvalue weighted by Crippen LogP contribution is -2.36. The molecule has 8 heteroatoms. The summed E-state index contributed by atoms with van der Waals surface area (Å²) in [6.45, 7) is -0.0129. The summed E-state index contributed by atoms with van der Waals surface area (Å²) in [5.74, 6) is -1.77. The van der Waals surface area contributed by atoms with Crippen molar-refractivity contribution in [3.05, 3.63) is 0 Å². The number of amides is 1. The molecule has 0 heterocycles. The van der Waals surface area contributed by atoms with Gasteiger partial charge in [0.1, 0.15) is 10.6 Å². The van der Waals surface area contributed by atoms with Gasteiger partial charge in [0, 0.05) is 12.8 Å². The van der Waals surface area contributed by atoms with Crippen LogP contribution in [-0.2, 0) is 24.2 Å². The van der Waals surface area contributed by atoms with Crippen LogP contribution in [0.15, 0.2) is 0 Å². The van der Waals surface area contributed by atoms with Crippen molar-refractivity contribution in [2.75, 3.05) is 25.7 Å². The average molecular weight is 302 g/mol. The largest absolute Gasteiger partial charge is 0.468 e. The first-order valence-corrected chi connectivity index (χ1v) is 6.90. The fourth-order valence-electron chi connectivity index (χ4n) is 0.704. The van der Waals surface area contributed by atoms with E-state index in [2.05, 4.69) is 26.0 Å². The Hall–Kier alpha value is -0.630. The second-order valence-corrected chi connectivity index (χ2v) is 6.11. The van der Waals surface area contributed by atoms with Gasteiger partial charge >= 0.3 is 5.97 Å². The molecule has 1 unspecified atom stereocenters. The van der Waals surface area contributed by atoms with Crippen LogP contribution in [-0.4, -0.2) is 50.8 Å². The zero-order valence-corrected chi connectivity index (χ0v) is 10.7. The molecule has 0 aromatic rings. The van der Waals surface area contributed by atoms with E-state index in [0.717, 1.165) is 6.26 Å². The molecule has 1 amide bonds. The maximum absolute atomic E-state index is 11.0. The minimum atomic E-state index is -3.34. The van der Waals surface area contributed by atoms with Crippen LogP contribution in [0.4, 0.5) is 0 Å². The average Bonchev–Trinajstić information content (AvgIpc) is 2.10. The number of halogens is 1. The Morgan fingerprint density at radius 3 is 2.40 bits per heavy atom. The zero-order chi connectivity index (χ0) is 12.1. The van der Waals surface area contributed by atoms with Crippen LogP contribution in [0.25, 0.3) is 0 Å². The van der Waals surface area contributed by atoms with E-state index >= 15 is 0 Å². The van der Waals surface area contributed by atoms with Gasteiger partial charge in [0.25, 0.3) is 0 Å². The van der Waals surface area contributed by atoms with Crippen molar-refractivity contribution in [1.29, 1.82) is 0 Å².